The molecule has 0 amide bonds. The highest BCUT2D eigenvalue weighted by Gasteiger charge is 2.17. The molecule has 0 unspecified atom stereocenters. The highest BCUT2D eigenvalue weighted by atomic mass is 14.9. The zero-order valence-electron chi connectivity index (χ0n) is 13.0. The van der Waals surface area contributed by atoms with Crippen LogP contribution in [-0.4, -0.2) is 19.6 Å². The quantitative estimate of drug-likeness (QED) is 0.779. The van der Waals surface area contributed by atoms with Gasteiger partial charge in [0.15, 0.2) is 0 Å². The second kappa shape index (κ2) is 7.18. The van der Waals surface area contributed by atoms with E-state index in [4.69, 9.17) is 0 Å². The third-order valence-corrected chi connectivity index (χ3v) is 3.77. The lowest BCUT2D eigenvalue weighted by molar-refractivity contribution is 0.352. The van der Waals surface area contributed by atoms with E-state index in [0.717, 1.165) is 18.9 Å². The Morgan fingerprint density at radius 2 is 2.06 bits per heavy atom. The molecule has 0 radical (unpaired) electrons. The molecule has 1 aliphatic heterocycles. The van der Waals surface area contributed by atoms with E-state index >= 15 is 0 Å². The highest BCUT2D eigenvalue weighted by molar-refractivity contribution is 5.11. The highest BCUT2D eigenvalue weighted by Crippen LogP contribution is 2.22. The number of nitrogens with one attached hydrogen (secondary N) is 2. The van der Waals surface area contributed by atoms with Crippen LogP contribution in [0.3, 0.4) is 0 Å². The Morgan fingerprint density at radius 1 is 1.33 bits per heavy atom. The van der Waals surface area contributed by atoms with Gasteiger partial charge in [-0.3, -0.25) is 0 Å². The van der Waals surface area contributed by atoms with Gasteiger partial charge in [0.05, 0.1) is 0 Å². The summed E-state index contributed by atoms with van der Waals surface area (Å²) in [6.07, 6.45) is 5.10. The van der Waals surface area contributed by atoms with Crippen LogP contribution in [0.5, 0.6) is 0 Å². The van der Waals surface area contributed by atoms with Crippen molar-refractivity contribution in [1.29, 1.82) is 0 Å². The summed E-state index contributed by atoms with van der Waals surface area (Å²) in [6, 6.07) is 0. The number of piperidine rings is 1. The Balaban J connectivity index is 2.56. The fourth-order valence-electron chi connectivity index (χ4n) is 2.37. The molecule has 2 heteroatoms. The summed E-state index contributed by atoms with van der Waals surface area (Å²) in [5.41, 5.74) is 3.38. The molecule has 1 heterocycles. The van der Waals surface area contributed by atoms with E-state index in [1.54, 1.807) is 0 Å². The summed E-state index contributed by atoms with van der Waals surface area (Å²) >= 11 is 0. The van der Waals surface area contributed by atoms with Crippen molar-refractivity contribution < 1.29 is 0 Å². The first-order valence-electron chi connectivity index (χ1n) is 7.55. The van der Waals surface area contributed by atoms with Crippen LogP contribution in [-0.2, 0) is 0 Å². The Morgan fingerprint density at radius 3 is 2.56 bits per heavy atom. The van der Waals surface area contributed by atoms with Crippen LogP contribution in [0, 0.1) is 11.3 Å². The molecule has 1 atom stereocenters. The maximum atomic E-state index is 3.71. The fraction of sp³-hybridized carbons (Fsp3) is 0.875. The van der Waals surface area contributed by atoms with Gasteiger partial charge in [-0.2, -0.15) is 0 Å². The summed E-state index contributed by atoms with van der Waals surface area (Å²) < 4.78 is 0. The van der Waals surface area contributed by atoms with E-state index in [1.165, 1.54) is 43.6 Å². The van der Waals surface area contributed by atoms with E-state index in [9.17, 15) is 0 Å². The van der Waals surface area contributed by atoms with Crippen molar-refractivity contribution in [2.24, 2.45) is 11.3 Å². The molecule has 0 aromatic heterocycles. The third-order valence-electron chi connectivity index (χ3n) is 3.77. The molecule has 0 aliphatic carbocycles. The van der Waals surface area contributed by atoms with Crippen LogP contribution in [0.1, 0.15) is 60.3 Å². The fourth-order valence-corrected chi connectivity index (χ4v) is 2.37. The lowest BCUT2D eigenvalue weighted by Crippen LogP contribution is -2.33. The smallest absolute Gasteiger partial charge is 0.0192 e. The van der Waals surface area contributed by atoms with Gasteiger partial charge in [0, 0.05) is 12.2 Å². The molecule has 1 rings (SSSR count). The van der Waals surface area contributed by atoms with Crippen LogP contribution < -0.4 is 10.6 Å². The maximum absolute atomic E-state index is 3.71. The molecule has 0 spiro atoms. The molecule has 0 aromatic carbocycles. The first-order chi connectivity index (χ1) is 8.42. The first kappa shape index (κ1) is 15.6. The Hall–Kier alpha value is -0.500. The number of rotatable bonds is 5. The molecule has 1 saturated heterocycles. The molecule has 2 N–H and O–H groups in total. The van der Waals surface area contributed by atoms with E-state index in [2.05, 4.69) is 45.3 Å². The summed E-state index contributed by atoms with van der Waals surface area (Å²) in [6.45, 7) is 14.9. The molecule has 0 aromatic rings. The van der Waals surface area contributed by atoms with Crippen molar-refractivity contribution in [2.75, 3.05) is 19.6 Å². The molecule has 106 valence electrons. The second-order valence-electron chi connectivity index (χ2n) is 6.94. The molecule has 0 bridgehead atoms. The van der Waals surface area contributed by atoms with Crippen molar-refractivity contribution in [3.05, 3.63) is 11.3 Å². The Kier molecular flexibility index (Phi) is 6.20. The van der Waals surface area contributed by atoms with Crippen molar-refractivity contribution >= 4 is 0 Å². The zero-order valence-corrected chi connectivity index (χ0v) is 13.0. The van der Waals surface area contributed by atoms with Gasteiger partial charge in [0.1, 0.15) is 0 Å². The van der Waals surface area contributed by atoms with Crippen molar-refractivity contribution in [1.82, 2.24) is 10.6 Å². The number of hydrogen-bond donors (Lipinski definition) is 2. The SMILES string of the molecule is CC/C(C)=C(/C[C@H]1CCCNC1)NCC(C)(C)C. The zero-order chi connectivity index (χ0) is 13.6. The van der Waals surface area contributed by atoms with Gasteiger partial charge < -0.3 is 10.6 Å². The van der Waals surface area contributed by atoms with E-state index < -0.39 is 0 Å². The molecular weight excluding hydrogens is 220 g/mol. The lowest BCUT2D eigenvalue weighted by Gasteiger charge is -2.28. The Bertz CT molecular complexity index is 267. The standard InChI is InChI=1S/C16H32N2/c1-6-13(2)15(18-12-16(3,4)5)10-14-8-7-9-17-11-14/h14,17-18H,6-12H2,1-5H3/b15-13-/t14-/m1/s1. The second-order valence-corrected chi connectivity index (χ2v) is 6.94. The minimum Gasteiger partial charge on any atom is -0.388 e. The minimum atomic E-state index is 0.351. The molecule has 0 saturated carbocycles. The van der Waals surface area contributed by atoms with Crippen LogP contribution in [0.25, 0.3) is 0 Å². The topological polar surface area (TPSA) is 24.1 Å². The minimum absolute atomic E-state index is 0.351. The van der Waals surface area contributed by atoms with Gasteiger partial charge in [0.25, 0.3) is 0 Å². The van der Waals surface area contributed by atoms with Crippen LogP contribution in [0.4, 0.5) is 0 Å². The normalized spacial score (nSPS) is 22.6. The van der Waals surface area contributed by atoms with Crippen molar-refractivity contribution in [3.8, 4) is 0 Å². The summed E-state index contributed by atoms with van der Waals surface area (Å²) in [7, 11) is 0. The van der Waals surface area contributed by atoms with Gasteiger partial charge >= 0.3 is 0 Å². The number of allylic oxidation sites excluding steroid dienone is 2. The number of hydrogen-bond acceptors (Lipinski definition) is 2. The molecule has 1 fully saturated rings. The first-order valence-corrected chi connectivity index (χ1v) is 7.55. The third kappa shape index (κ3) is 5.90. The average molecular weight is 252 g/mol. The van der Waals surface area contributed by atoms with Crippen LogP contribution in [0.2, 0.25) is 0 Å². The monoisotopic (exact) mass is 252 g/mol. The molecule has 18 heavy (non-hydrogen) atoms. The lowest BCUT2D eigenvalue weighted by atomic mass is 9.91. The summed E-state index contributed by atoms with van der Waals surface area (Å²) in [5, 5.41) is 7.23. The average Bonchev–Trinajstić information content (AvgIpc) is 2.33. The van der Waals surface area contributed by atoms with Crippen LogP contribution >= 0.6 is 0 Å². The van der Waals surface area contributed by atoms with Crippen molar-refractivity contribution in [3.63, 3.8) is 0 Å². The molecule has 1 aliphatic rings. The van der Waals surface area contributed by atoms with Gasteiger partial charge in [-0.1, -0.05) is 33.3 Å². The molecule has 2 nitrogen and oxygen atoms in total. The van der Waals surface area contributed by atoms with Gasteiger partial charge in [0.2, 0.25) is 0 Å². The van der Waals surface area contributed by atoms with Gasteiger partial charge in [-0.05, 0) is 57.0 Å². The van der Waals surface area contributed by atoms with Crippen LogP contribution in [0.15, 0.2) is 11.3 Å². The Labute approximate surface area is 114 Å². The molecular formula is C16H32N2. The largest absolute Gasteiger partial charge is 0.388 e. The van der Waals surface area contributed by atoms with Gasteiger partial charge in [-0.15, -0.1) is 0 Å². The van der Waals surface area contributed by atoms with E-state index in [0.29, 0.717) is 5.41 Å². The van der Waals surface area contributed by atoms with E-state index in [1.807, 2.05) is 0 Å². The van der Waals surface area contributed by atoms with Crippen molar-refractivity contribution in [2.45, 2.75) is 60.3 Å². The summed E-state index contributed by atoms with van der Waals surface area (Å²) in [5.74, 6) is 0.822. The van der Waals surface area contributed by atoms with E-state index in [-0.39, 0.29) is 0 Å². The van der Waals surface area contributed by atoms with Gasteiger partial charge in [-0.25, -0.2) is 0 Å². The predicted molar refractivity (Wildman–Crippen MR) is 80.7 cm³/mol. The summed E-state index contributed by atoms with van der Waals surface area (Å²) in [4.78, 5) is 0. The maximum Gasteiger partial charge on any atom is 0.0192 e. The predicted octanol–water partition coefficient (Wildman–Crippen LogP) is 3.70.